The summed E-state index contributed by atoms with van der Waals surface area (Å²) in [7, 11) is 0. The van der Waals surface area contributed by atoms with Gasteiger partial charge in [-0.15, -0.1) is 0 Å². The second-order valence-electron chi connectivity index (χ2n) is 5.19. The van der Waals surface area contributed by atoms with Crippen LogP contribution in [0.4, 0.5) is 13.2 Å². The van der Waals surface area contributed by atoms with E-state index in [2.05, 4.69) is 6.07 Å². The van der Waals surface area contributed by atoms with Crippen molar-refractivity contribution >= 4 is 5.91 Å². The average molecular weight is 364 g/mol. The first-order valence-corrected chi connectivity index (χ1v) is 7.79. The van der Waals surface area contributed by atoms with Gasteiger partial charge >= 0.3 is 0 Å². The minimum atomic E-state index is -2.04. The zero-order valence-corrected chi connectivity index (χ0v) is 14.2. The molecule has 0 aliphatic heterocycles. The van der Waals surface area contributed by atoms with Gasteiger partial charge in [0.2, 0.25) is 13.3 Å². The van der Waals surface area contributed by atoms with Crippen LogP contribution in [0.25, 0.3) is 0 Å². The first-order valence-electron chi connectivity index (χ1n) is 7.79. The summed E-state index contributed by atoms with van der Waals surface area (Å²) in [6.07, 6.45) is -2.04. The van der Waals surface area contributed by atoms with Crippen LogP contribution in [-0.2, 0) is 6.54 Å². The number of nitrogens with zero attached hydrogens (tertiary/aromatic N) is 2. The first-order chi connectivity index (χ1) is 12.5. The molecule has 0 aliphatic rings. The van der Waals surface area contributed by atoms with Gasteiger partial charge in [0.25, 0.3) is 5.91 Å². The molecule has 0 spiro atoms. The maximum atomic E-state index is 12.8. The van der Waals surface area contributed by atoms with Gasteiger partial charge in [-0.3, -0.25) is 4.79 Å². The molecular weight excluding hydrogens is 345 g/mol. The van der Waals surface area contributed by atoms with Crippen molar-refractivity contribution < 1.29 is 23.1 Å². The Bertz CT molecular complexity index is 726. The molecule has 0 bridgehead atoms. The van der Waals surface area contributed by atoms with Crippen molar-refractivity contribution in [3.05, 3.63) is 70.8 Å². The Kier molecular flexibility index (Phi) is 8.88. The van der Waals surface area contributed by atoms with Crippen molar-refractivity contribution in [3.8, 4) is 6.07 Å². The summed E-state index contributed by atoms with van der Waals surface area (Å²) < 4.78 is 32.0. The van der Waals surface area contributed by atoms with Crippen molar-refractivity contribution in [3.63, 3.8) is 0 Å². The van der Waals surface area contributed by atoms with Crippen molar-refractivity contribution in [2.45, 2.75) is 19.8 Å². The Hall–Kier alpha value is -2.85. The molecule has 2 aromatic carbocycles. The van der Waals surface area contributed by atoms with E-state index in [1.807, 2.05) is 19.1 Å². The highest BCUT2D eigenvalue weighted by Gasteiger charge is 2.15. The second-order valence-corrected chi connectivity index (χ2v) is 5.19. The number of benzene rings is 2. The molecule has 0 heterocycles. The molecule has 1 unspecified atom stereocenters. The number of rotatable bonds is 5. The van der Waals surface area contributed by atoms with Gasteiger partial charge < -0.3 is 10.0 Å². The minimum absolute atomic E-state index is 0.122. The summed E-state index contributed by atoms with van der Waals surface area (Å²) in [4.78, 5) is 14.2. The lowest BCUT2D eigenvalue weighted by Gasteiger charge is -2.21. The van der Waals surface area contributed by atoms with Gasteiger partial charge in [0.15, 0.2) is 0 Å². The van der Waals surface area contributed by atoms with Crippen LogP contribution in [-0.4, -0.2) is 29.4 Å². The van der Waals surface area contributed by atoms with E-state index in [1.165, 1.54) is 24.3 Å². The van der Waals surface area contributed by atoms with E-state index in [0.29, 0.717) is 24.2 Å². The minimum Gasteiger partial charge on any atom is -0.360 e. The molecule has 2 aromatic rings. The smallest absolute Gasteiger partial charge is 0.254 e. The van der Waals surface area contributed by atoms with Crippen molar-refractivity contribution in [1.82, 2.24) is 4.90 Å². The third kappa shape index (κ3) is 6.22. The number of halogens is 3. The van der Waals surface area contributed by atoms with E-state index in [-0.39, 0.29) is 11.5 Å². The zero-order chi connectivity index (χ0) is 19.5. The lowest BCUT2D eigenvalue weighted by atomic mass is 10.1. The molecular formula is C19H19F3N2O2. The number of aliphatic hydroxyl groups excluding tert-OH is 1. The number of hydrogen-bond acceptors (Lipinski definition) is 3. The van der Waals surface area contributed by atoms with E-state index >= 15 is 0 Å². The third-order valence-electron chi connectivity index (χ3n) is 3.56. The maximum Gasteiger partial charge on any atom is 0.254 e. The number of nitriles is 1. The molecule has 0 fully saturated rings. The Labute approximate surface area is 150 Å². The van der Waals surface area contributed by atoms with Crippen molar-refractivity contribution in [2.75, 3.05) is 13.5 Å². The fourth-order valence-electron chi connectivity index (χ4n) is 2.20. The molecule has 0 radical (unpaired) electrons. The summed E-state index contributed by atoms with van der Waals surface area (Å²) in [5.41, 5.74) is 2.06. The largest absolute Gasteiger partial charge is 0.360 e. The summed E-state index contributed by atoms with van der Waals surface area (Å²) in [5.74, 6) is -0.170. The Morgan fingerprint density at radius 1 is 1.15 bits per heavy atom. The van der Waals surface area contributed by atoms with Crippen LogP contribution in [0.1, 0.15) is 40.3 Å². The van der Waals surface area contributed by atoms with Crippen LogP contribution in [0.15, 0.2) is 48.5 Å². The lowest BCUT2D eigenvalue weighted by Crippen LogP contribution is -2.30. The Morgan fingerprint density at radius 2 is 1.69 bits per heavy atom. The molecule has 1 N–H and O–H groups in total. The zero-order valence-electron chi connectivity index (χ0n) is 14.2. The van der Waals surface area contributed by atoms with Crippen LogP contribution in [0.2, 0.25) is 0 Å². The van der Waals surface area contributed by atoms with Gasteiger partial charge in [-0.1, -0.05) is 24.3 Å². The number of alkyl halides is 3. The van der Waals surface area contributed by atoms with Gasteiger partial charge in [-0.25, -0.2) is 13.2 Å². The molecule has 26 heavy (non-hydrogen) atoms. The van der Waals surface area contributed by atoms with Gasteiger partial charge in [-0.2, -0.15) is 5.26 Å². The fraction of sp³-hybridized carbons (Fsp3) is 0.263. The average Bonchev–Trinajstić information content (AvgIpc) is 2.66. The summed E-state index contributed by atoms with van der Waals surface area (Å²) >= 11 is 0. The Balaban J connectivity index is 0.00000105. The van der Waals surface area contributed by atoms with Crippen LogP contribution in [0, 0.1) is 11.3 Å². The van der Waals surface area contributed by atoms with Crippen LogP contribution in [0.5, 0.6) is 0 Å². The molecule has 4 nitrogen and oxygen atoms in total. The second kappa shape index (κ2) is 10.9. The Morgan fingerprint density at radius 3 is 2.12 bits per heavy atom. The monoisotopic (exact) mass is 364 g/mol. The lowest BCUT2D eigenvalue weighted by molar-refractivity contribution is 0.0410. The van der Waals surface area contributed by atoms with E-state index in [0.717, 1.165) is 5.56 Å². The van der Waals surface area contributed by atoms with E-state index in [9.17, 15) is 18.0 Å². The highest BCUT2D eigenvalue weighted by molar-refractivity contribution is 5.94. The van der Waals surface area contributed by atoms with Crippen molar-refractivity contribution in [2.24, 2.45) is 0 Å². The molecule has 0 aromatic heterocycles. The van der Waals surface area contributed by atoms with Crippen LogP contribution >= 0.6 is 0 Å². The standard InChI is InChI=1S/C18H17FN2O2.CH2F2/c1-2-21(12-14-5-3-13(11-20)4-6-14)18(23)16-9-7-15(8-10-16)17(19)22;2-1-3/h3-10,17,22H,2,12H2,1H3;1H2. The summed E-state index contributed by atoms with van der Waals surface area (Å²) in [6.45, 7) is 1.07. The number of aliphatic hydroxyl groups is 1. The van der Waals surface area contributed by atoms with Crippen LogP contribution in [0.3, 0.4) is 0 Å². The predicted octanol–water partition coefficient (Wildman–Crippen LogP) is 4.06. The fourth-order valence-corrected chi connectivity index (χ4v) is 2.20. The quantitative estimate of drug-likeness (QED) is 0.870. The predicted molar refractivity (Wildman–Crippen MR) is 91.2 cm³/mol. The number of hydrogen-bond donors (Lipinski definition) is 1. The van der Waals surface area contributed by atoms with Gasteiger partial charge in [0, 0.05) is 24.2 Å². The molecule has 138 valence electrons. The number of carbonyl (C=O) groups is 1. The first kappa shape index (κ1) is 21.2. The van der Waals surface area contributed by atoms with Crippen molar-refractivity contribution in [1.29, 1.82) is 5.26 Å². The molecule has 1 amide bonds. The number of carbonyl (C=O) groups excluding carboxylic acids is 1. The highest BCUT2D eigenvalue weighted by Crippen LogP contribution is 2.16. The van der Waals surface area contributed by atoms with Gasteiger partial charge in [0.1, 0.15) is 0 Å². The van der Waals surface area contributed by atoms with E-state index < -0.39 is 13.3 Å². The molecule has 0 aliphatic carbocycles. The third-order valence-corrected chi connectivity index (χ3v) is 3.56. The number of amides is 1. The highest BCUT2D eigenvalue weighted by atomic mass is 19.3. The topological polar surface area (TPSA) is 64.3 Å². The summed E-state index contributed by atoms with van der Waals surface area (Å²) in [5, 5.41) is 17.7. The van der Waals surface area contributed by atoms with E-state index in [4.69, 9.17) is 10.4 Å². The van der Waals surface area contributed by atoms with Gasteiger partial charge in [0.05, 0.1) is 11.6 Å². The molecule has 7 heteroatoms. The molecule has 0 saturated carbocycles. The summed E-state index contributed by atoms with van der Waals surface area (Å²) in [6, 6.07) is 14.9. The van der Waals surface area contributed by atoms with Crippen LogP contribution < -0.4 is 0 Å². The molecule has 1 atom stereocenters. The van der Waals surface area contributed by atoms with Gasteiger partial charge in [-0.05, 0) is 36.8 Å². The SMILES string of the molecule is CCN(Cc1ccc(C#N)cc1)C(=O)c1ccc(C(O)F)cc1.FCF. The van der Waals surface area contributed by atoms with E-state index in [1.54, 1.807) is 17.0 Å². The molecule has 0 saturated heterocycles. The normalized spacial score (nSPS) is 10.9. The maximum absolute atomic E-state index is 12.8. The molecule has 2 rings (SSSR count).